The third-order valence-electron chi connectivity index (χ3n) is 6.27. The Morgan fingerprint density at radius 2 is 1.81 bits per heavy atom. The summed E-state index contributed by atoms with van der Waals surface area (Å²) in [6.45, 7) is 10.3. The van der Waals surface area contributed by atoms with Crippen LogP contribution in [-0.4, -0.2) is 58.3 Å². The van der Waals surface area contributed by atoms with Gasteiger partial charge in [0.2, 0.25) is 5.91 Å². The Labute approximate surface area is 210 Å². The lowest BCUT2D eigenvalue weighted by Crippen LogP contribution is -2.58. The van der Waals surface area contributed by atoms with E-state index in [1.165, 1.54) is 13.1 Å². The number of benzene rings is 1. The minimum atomic E-state index is -1.26. The molecule has 9 nitrogen and oxygen atoms in total. The largest absolute Gasteiger partial charge is 0.489 e. The predicted molar refractivity (Wildman–Crippen MR) is 133 cm³/mol. The average molecular weight is 496 g/mol. The smallest absolute Gasteiger partial charge is 0.312 e. The first-order valence-corrected chi connectivity index (χ1v) is 11.9. The molecule has 0 aliphatic carbocycles. The van der Waals surface area contributed by atoms with Crippen molar-refractivity contribution in [1.82, 2.24) is 15.6 Å². The van der Waals surface area contributed by atoms with Gasteiger partial charge in [0.05, 0.1) is 18.1 Å². The second-order valence-electron chi connectivity index (χ2n) is 9.07. The molecule has 9 heteroatoms. The Hall–Kier alpha value is -3.72. The van der Waals surface area contributed by atoms with Crippen LogP contribution in [0.1, 0.15) is 42.4 Å². The lowest BCUT2D eigenvalue weighted by Gasteiger charge is -2.33. The molecule has 192 valence electrons. The van der Waals surface area contributed by atoms with Crippen molar-refractivity contribution in [3.63, 3.8) is 0 Å². The van der Waals surface area contributed by atoms with Crippen molar-refractivity contribution in [2.75, 3.05) is 0 Å². The second kappa shape index (κ2) is 11.8. The van der Waals surface area contributed by atoms with E-state index in [1.54, 1.807) is 32.9 Å². The second-order valence-corrected chi connectivity index (χ2v) is 9.07. The van der Waals surface area contributed by atoms with Crippen molar-refractivity contribution in [3.8, 4) is 0 Å². The van der Waals surface area contributed by atoms with Crippen LogP contribution in [0.25, 0.3) is 0 Å². The minimum Gasteiger partial charge on any atom is -0.489 e. The number of hydrogen-bond acceptors (Lipinski definition) is 7. The number of ether oxygens (including phenoxy) is 2. The fourth-order valence-electron chi connectivity index (χ4n) is 3.96. The average Bonchev–Trinajstić information content (AvgIpc) is 2.85. The van der Waals surface area contributed by atoms with Crippen LogP contribution in [0.4, 0.5) is 0 Å². The molecule has 0 spiro atoms. The molecular weight excluding hydrogens is 462 g/mol. The van der Waals surface area contributed by atoms with Crippen LogP contribution in [-0.2, 0) is 25.5 Å². The number of rotatable bonds is 4. The number of aliphatic hydroxyl groups excluding tert-OH is 1. The molecule has 1 aliphatic rings. The Bertz CT molecular complexity index is 1110. The van der Waals surface area contributed by atoms with Crippen LogP contribution in [0, 0.1) is 12.8 Å². The van der Waals surface area contributed by atoms with E-state index in [4.69, 9.17) is 9.47 Å². The zero-order valence-electron chi connectivity index (χ0n) is 20.9. The van der Waals surface area contributed by atoms with Gasteiger partial charge in [-0.15, -0.1) is 0 Å². The lowest BCUT2D eigenvalue weighted by molar-refractivity contribution is -0.159. The van der Waals surface area contributed by atoms with Crippen molar-refractivity contribution in [1.29, 1.82) is 0 Å². The lowest BCUT2D eigenvalue weighted by atomic mass is 9.92. The van der Waals surface area contributed by atoms with Crippen molar-refractivity contribution in [2.24, 2.45) is 5.92 Å². The number of aromatic nitrogens is 1. The van der Waals surface area contributed by atoms with Crippen LogP contribution < -0.4 is 10.6 Å². The summed E-state index contributed by atoms with van der Waals surface area (Å²) in [5.74, 6) is -2.61. The van der Waals surface area contributed by atoms with Gasteiger partial charge in [0.25, 0.3) is 5.91 Å². The molecule has 3 rings (SSSR count). The summed E-state index contributed by atoms with van der Waals surface area (Å²) in [6, 6.07) is 10.7. The summed E-state index contributed by atoms with van der Waals surface area (Å²) in [7, 11) is 0. The maximum atomic E-state index is 13.5. The van der Waals surface area contributed by atoms with Crippen LogP contribution in [0.5, 0.6) is 0 Å². The molecule has 0 saturated carbocycles. The van der Waals surface area contributed by atoms with Gasteiger partial charge >= 0.3 is 5.97 Å². The van der Waals surface area contributed by atoms with Gasteiger partial charge in [0.1, 0.15) is 23.6 Å². The monoisotopic (exact) mass is 495 g/mol. The number of carbonyl (C=O) groups is 3. The van der Waals surface area contributed by atoms with Crippen molar-refractivity contribution < 1.29 is 29.0 Å². The Kier molecular flexibility index (Phi) is 8.82. The van der Waals surface area contributed by atoms with E-state index in [0.717, 1.165) is 5.56 Å². The van der Waals surface area contributed by atoms with Crippen molar-refractivity contribution >= 4 is 17.8 Å². The molecular formula is C27H33N3O6. The zero-order chi connectivity index (χ0) is 26.4. The number of nitrogens with one attached hydrogen (secondary N) is 2. The SMILES string of the molecule is C=C1OC(C)C(NC(=O)c2ncccc2C)C(=O)NC(Cc2ccccc2)C(O)C(C)C(=O)OC1C. The van der Waals surface area contributed by atoms with Gasteiger partial charge in [0, 0.05) is 6.20 Å². The first-order valence-electron chi connectivity index (χ1n) is 11.9. The minimum absolute atomic E-state index is 0.111. The summed E-state index contributed by atoms with van der Waals surface area (Å²) >= 11 is 0. The Balaban J connectivity index is 1.95. The molecule has 6 unspecified atom stereocenters. The van der Waals surface area contributed by atoms with Crippen LogP contribution in [0.2, 0.25) is 0 Å². The fourth-order valence-corrected chi connectivity index (χ4v) is 3.96. The number of cyclic esters (lactones) is 1. The number of nitrogens with zero attached hydrogens (tertiary/aromatic N) is 1. The first kappa shape index (κ1) is 26.9. The predicted octanol–water partition coefficient (Wildman–Crippen LogP) is 2.08. The molecule has 6 atom stereocenters. The van der Waals surface area contributed by atoms with Gasteiger partial charge in [0.15, 0.2) is 6.10 Å². The summed E-state index contributed by atoms with van der Waals surface area (Å²) in [4.78, 5) is 43.4. The maximum Gasteiger partial charge on any atom is 0.312 e. The number of aliphatic hydroxyl groups is 1. The first-order chi connectivity index (χ1) is 17.1. The van der Waals surface area contributed by atoms with E-state index in [1.807, 2.05) is 30.3 Å². The van der Waals surface area contributed by atoms with E-state index >= 15 is 0 Å². The van der Waals surface area contributed by atoms with Gasteiger partial charge in [-0.1, -0.05) is 43.0 Å². The number of carbonyl (C=O) groups excluding carboxylic acids is 3. The number of pyridine rings is 1. The van der Waals surface area contributed by atoms with E-state index in [2.05, 4.69) is 22.2 Å². The van der Waals surface area contributed by atoms with E-state index < -0.39 is 54.1 Å². The molecule has 2 amide bonds. The van der Waals surface area contributed by atoms with Crippen LogP contribution in [0.3, 0.4) is 0 Å². The van der Waals surface area contributed by atoms with Crippen LogP contribution >= 0.6 is 0 Å². The van der Waals surface area contributed by atoms with Gasteiger partial charge in [-0.2, -0.15) is 0 Å². The zero-order valence-corrected chi connectivity index (χ0v) is 20.9. The van der Waals surface area contributed by atoms with Gasteiger partial charge < -0.3 is 25.2 Å². The number of aryl methyl sites for hydroxylation is 1. The quantitative estimate of drug-likeness (QED) is 0.554. The molecule has 1 fully saturated rings. The molecule has 0 bridgehead atoms. The maximum absolute atomic E-state index is 13.5. The highest BCUT2D eigenvalue weighted by atomic mass is 16.6. The molecule has 1 saturated heterocycles. The summed E-state index contributed by atoms with van der Waals surface area (Å²) in [5.41, 5.74) is 1.68. The van der Waals surface area contributed by atoms with E-state index in [-0.39, 0.29) is 17.9 Å². The highest BCUT2D eigenvalue weighted by Gasteiger charge is 2.38. The Morgan fingerprint density at radius 3 is 2.47 bits per heavy atom. The molecule has 2 heterocycles. The molecule has 2 aromatic rings. The topological polar surface area (TPSA) is 127 Å². The number of hydrogen-bond donors (Lipinski definition) is 3. The van der Waals surface area contributed by atoms with Gasteiger partial charge in [-0.3, -0.25) is 19.4 Å². The van der Waals surface area contributed by atoms with E-state index in [9.17, 15) is 19.5 Å². The highest BCUT2D eigenvalue weighted by Crippen LogP contribution is 2.20. The number of amides is 2. The number of esters is 1. The standard InChI is InChI=1S/C27H33N3O6/c1-15-10-9-13-28-22(15)25(32)30-23-19(5)35-17(3)18(4)36-27(34)16(2)24(31)21(29-26(23)33)14-20-11-7-6-8-12-20/h6-13,16,18-19,21,23-24,31H,3,14H2,1-2,4-5H3,(H,29,33)(H,30,32). The van der Waals surface area contributed by atoms with Gasteiger partial charge in [-0.05, 0) is 51.3 Å². The van der Waals surface area contributed by atoms with Crippen molar-refractivity contribution in [2.45, 2.75) is 64.5 Å². The third kappa shape index (κ3) is 6.48. The van der Waals surface area contributed by atoms with E-state index in [0.29, 0.717) is 5.56 Å². The van der Waals surface area contributed by atoms with Gasteiger partial charge in [-0.25, -0.2) is 0 Å². The highest BCUT2D eigenvalue weighted by molar-refractivity contribution is 5.97. The third-order valence-corrected chi connectivity index (χ3v) is 6.27. The summed E-state index contributed by atoms with van der Waals surface area (Å²) in [5, 5.41) is 16.6. The Morgan fingerprint density at radius 1 is 1.11 bits per heavy atom. The van der Waals surface area contributed by atoms with Crippen molar-refractivity contribution in [3.05, 3.63) is 77.8 Å². The molecule has 36 heavy (non-hydrogen) atoms. The molecule has 1 aromatic heterocycles. The summed E-state index contributed by atoms with van der Waals surface area (Å²) < 4.78 is 11.3. The molecule has 3 N–H and O–H groups in total. The molecule has 0 radical (unpaired) electrons. The summed E-state index contributed by atoms with van der Waals surface area (Å²) in [6.07, 6.45) is -1.22. The molecule has 1 aliphatic heterocycles. The fraction of sp³-hybridized carbons (Fsp3) is 0.407. The normalized spacial score (nSPS) is 27.5. The molecule has 1 aromatic carbocycles. The van der Waals surface area contributed by atoms with Crippen LogP contribution in [0.15, 0.2) is 61.0 Å².